The number of aromatic nitrogens is 1. The summed E-state index contributed by atoms with van der Waals surface area (Å²) in [6.45, 7) is 1.68. The maximum Gasteiger partial charge on any atom is 0.280 e. The van der Waals surface area contributed by atoms with E-state index in [0.29, 0.717) is 5.75 Å². The van der Waals surface area contributed by atoms with Crippen molar-refractivity contribution in [3.05, 3.63) is 72.6 Å². The lowest BCUT2D eigenvalue weighted by molar-refractivity contribution is -0.127. The maximum atomic E-state index is 12.0. The Balaban J connectivity index is 1.59. The Morgan fingerprint density at radius 3 is 2.79 bits per heavy atom. The molecule has 1 N–H and O–H groups in total. The third-order valence-corrected chi connectivity index (χ3v) is 3.48. The fourth-order valence-corrected chi connectivity index (χ4v) is 2.21. The molecule has 5 heteroatoms. The van der Waals surface area contributed by atoms with Crippen LogP contribution in [0.3, 0.4) is 0 Å². The van der Waals surface area contributed by atoms with Crippen molar-refractivity contribution in [3.63, 3.8) is 0 Å². The van der Waals surface area contributed by atoms with E-state index in [4.69, 9.17) is 4.74 Å². The van der Waals surface area contributed by atoms with Crippen LogP contribution in [-0.4, -0.2) is 23.2 Å². The molecule has 1 heterocycles. The molecule has 0 aliphatic carbocycles. The number of rotatable bonds is 5. The van der Waals surface area contributed by atoms with Gasteiger partial charge in [0.1, 0.15) is 5.75 Å². The molecule has 1 atom stereocenters. The monoisotopic (exact) mass is 319 g/mol. The van der Waals surface area contributed by atoms with Gasteiger partial charge in [-0.25, -0.2) is 5.43 Å². The second kappa shape index (κ2) is 7.37. The smallest absolute Gasteiger partial charge is 0.280 e. The van der Waals surface area contributed by atoms with Crippen LogP contribution in [0.1, 0.15) is 12.5 Å². The van der Waals surface area contributed by atoms with Crippen LogP contribution in [0.25, 0.3) is 10.8 Å². The predicted octanol–water partition coefficient (Wildman–Crippen LogP) is 3.15. The maximum absolute atomic E-state index is 12.0. The molecule has 2 aromatic carbocycles. The van der Waals surface area contributed by atoms with Gasteiger partial charge < -0.3 is 4.74 Å². The van der Waals surface area contributed by atoms with E-state index in [0.717, 1.165) is 16.3 Å². The quantitative estimate of drug-likeness (QED) is 0.580. The molecule has 0 aliphatic heterocycles. The highest BCUT2D eigenvalue weighted by Gasteiger charge is 2.14. The van der Waals surface area contributed by atoms with E-state index in [-0.39, 0.29) is 5.91 Å². The van der Waals surface area contributed by atoms with Crippen LogP contribution < -0.4 is 10.2 Å². The molecule has 1 unspecified atom stereocenters. The molecular weight excluding hydrogens is 302 g/mol. The van der Waals surface area contributed by atoms with Crippen LogP contribution in [0.4, 0.5) is 0 Å². The summed E-state index contributed by atoms with van der Waals surface area (Å²) in [5.74, 6) is 0.330. The fourth-order valence-electron chi connectivity index (χ4n) is 2.21. The predicted molar refractivity (Wildman–Crippen MR) is 94.0 cm³/mol. The summed E-state index contributed by atoms with van der Waals surface area (Å²) in [6.07, 6.45) is 4.21. The van der Waals surface area contributed by atoms with E-state index in [1.807, 2.05) is 48.5 Å². The molecule has 0 radical (unpaired) electrons. The Hall–Kier alpha value is -3.21. The van der Waals surface area contributed by atoms with Crippen LogP contribution in [0, 0.1) is 0 Å². The van der Waals surface area contributed by atoms with Crippen LogP contribution in [0.5, 0.6) is 5.75 Å². The van der Waals surface area contributed by atoms with Crippen molar-refractivity contribution in [1.29, 1.82) is 0 Å². The lowest BCUT2D eigenvalue weighted by atomic mass is 10.1. The van der Waals surface area contributed by atoms with Gasteiger partial charge in [0, 0.05) is 18.0 Å². The first-order valence-electron chi connectivity index (χ1n) is 7.61. The van der Waals surface area contributed by atoms with Gasteiger partial charge in [-0.15, -0.1) is 0 Å². The fraction of sp³-hybridized carbons (Fsp3) is 0.105. The zero-order valence-corrected chi connectivity index (χ0v) is 13.2. The van der Waals surface area contributed by atoms with E-state index in [1.54, 1.807) is 25.4 Å². The normalized spacial score (nSPS) is 12.2. The van der Waals surface area contributed by atoms with Crippen LogP contribution in [-0.2, 0) is 4.79 Å². The Labute approximate surface area is 140 Å². The summed E-state index contributed by atoms with van der Waals surface area (Å²) in [4.78, 5) is 16.0. The highest BCUT2D eigenvalue weighted by atomic mass is 16.5. The Morgan fingerprint density at radius 1 is 1.17 bits per heavy atom. The number of fused-ring (bicyclic) bond motifs is 1. The number of benzene rings is 2. The van der Waals surface area contributed by atoms with Crippen molar-refractivity contribution in [1.82, 2.24) is 10.4 Å². The van der Waals surface area contributed by atoms with E-state index in [1.165, 1.54) is 6.21 Å². The topological polar surface area (TPSA) is 63.6 Å². The number of nitrogens with zero attached hydrogens (tertiary/aromatic N) is 2. The molecule has 0 spiro atoms. The third kappa shape index (κ3) is 3.95. The molecule has 1 aromatic heterocycles. The molecule has 3 rings (SSSR count). The lowest BCUT2D eigenvalue weighted by Gasteiger charge is -2.13. The van der Waals surface area contributed by atoms with Gasteiger partial charge in [-0.3, -0.25) is 9.78 Å². The Bertz CT molecular complexity index is 863. The van der Waals surface area contributed by atoms with Crippen molar-refractivity contribution < 1.29 is 9.53 Å². The Kier molecular flexibility index (Phi) is 4.81. The SMILES string of the molecule is CC(Oc1ccc2ccccc2c1)C(=O)NN=Cc1cccnc1. The highest BCUT2D eigenvalue weighted by molar-refractivity contribution is 5.85. The van der Waals surface area contributed by atoms with Crippen LogP contribution in [0.2, 0.25) is 0 Å². The van der Waals surface area contributed by atoms with E-state index < -0.39 is 6.10 Å². The minimum Gasteiger partial charge on any atom is -0.481 e. The average Bonchev–Trinajstić information content (AvgIpc) is 2.62. The van der Waals surface area contributed by atoms with Crippen LogP contribution >= 0.6 is 0 Å². The minimum absolute atomic E-state index is 0.316. The molecule has 0 fully saturated rings. The van der Waals surface area contributed by atoms with E-state index >= 15 is 0 Å². The number of hydrogen-bond donors (Lipinski definition) is 1. The van der Waals surface area contributed by atoms with E-state index in [2.05, 4.69) is 15.5 Å². The zero-order chi connectivity index (χ0) is 16.8. The first-order valence-corrected chi connectivity index (χ1v) is 7.61. The number of carbonyl (C=O) groups is 1. The average molecular weight is 319 g/mol. The van der Waals surface area contributed by atoms with Gasteiger partial charge in [0.2, 0.25) is 0 Å². The van der Waals surface area contributed by atoms with Crippen LogP contribution in [0.15, 0.2) is 72.1 Å². The van der Waals surface area contributed by atoms with Gasteiger partial charge in [-0.2, -0.15) is 5.10 Å². The minimum atomic E-state index is -0.655. The van der Waals surface area contributed by atoms with Gasteiger partial charge in [0.15, 0.2) is 6.10 Å². The summed E-state index contributed by atoms with van der Waals surface area (Å²) in [5.41, 5.74) is 3.27. The number of hydrazone groups is 1. The second-order valence-corrected chi connectivity index (χ2v) is 5.29. The summed E-state index contributed by atoms with van der Waals surface area (Å²) in [5, 5.41) is 6.10. The molecule has 0 saturated heterocycles. The molecule has 0 bridgehead atoms. The van der Waals surface area contributed by atoms with Gasteiger partial charge in [0.25, 0.3) is 5.91 Å². The zero-order valence-electron chi connectivity index (χ0n) is 13.2. The van der Waals surface area contributed by atoms with Gasteiger partial charge in [0.05, 0.1) is 6.21 Å². The van der Waals surface area contributed by atoms with E-state index in [9.17, 15) is 4.79 Å². The summed E-state index contributed by atoms with van der Waals surface area (Å²) in [6, 6.07) is 17.4. The van der Waals surface area contributed by atoms with Gasteiger partial charge >= 0.3 is 0 Å². The molecule has 3 aromatic rings. The molecular formula is C19H17N3O2. The summed E-state index contributed by atoms with van der Waals surface area (Å²) in [7, 11) is 0. The molecule has 24 heavy (non-hydrogen) atoms. The first kappa shape index (κ1) is 15.7. The number of ether oxygens (including phenoxy) is 1. The summed E-state index contributed by atoms with van der Waals surface area (Å²) >= 11 is 0. The molecule has 1 amide bonds. The second-order valence-electron chi connectivity index (χ2n) is 5.29. The van der Waals surface area contributed by atoms with Crippen molar-refractivity contribution in [2.45, 2.75) is 13.0 Å². The first-order chi connectivity index (χ1) is 11.7. The van der Waals surface area contributed by atoms with Crippen molar-refractivity contribution in [3.8, 4) is 5.75 Å². The number of pyridine rings is 1. The molecule has 0 saturated carbocycles. The number of amides is 1. The number of carbonyl (C=O) groups excluding carboxylic acids is 1. The molecule has 5 nitrogen and oxygen atoms in total. The molecule has 0 aliphatic rings. The van der Waals surface area contributed by atoms with Crippen molar-refractivity contribution in [2.24, 2.45) is 5.10 Å². The van der Waals surface area contributed by atoms with Crippen molar-refractivity contribution in [2.75, 3.05) is 0 Å². The largest absolute Gasteiger partial charge is 0.481 e. The number of nitrogens with one attached hydrogen (secondary N) is 1. The Morgan fingerprint density at radius 2 is 2.00 bits per heavy atom. The molecule has 120 valence electrons. The van der Waals surface area contributed by atoms with Crippen molar-refractivity contribution >= 4 is 22.9 Å². The summed E-state index contributed by atoms with van der Waals surface area (Å²) < 4.78 is 5.69. The highest BCUT2D eigenvalue weighted by Crippen LogP contribution is 2.21. The van der Waals surface area contributed by atoms with Gasteiger partial charge in [-0.1, -0.05) is 36.4 Å². The third-order valence-electron chi connectivity index (χ3n) is 3.48. The number of hydrogen-bond acceptors (Lipinski definition) is 4. The van der Waals surface area contributed by atoms with Gasteiger partial charge in [-0.05, 0) is 35.9 Å². The lowest BCUT2D eigenvalue weighted by Crippen LogP contribution is -2.33. The standard InChI is InChI=1S/C19H17N3O2/c1-14(19(23)22-21-13-15-5-4-10-20-12-15)24-18-9-8-16-6-2-3-7-17(16)11-18/h2-14H,1H3,(H,22,23).